The van der Waals surface area contributed by atoms with E-state index in [0.29, 0.717) is 23.1 Å². The van der Waals surface area contributed by atoms with Crippen LogP contribution in [0.2, 0.25) is 0 Å². The highest BCUT2D eigenvalue weighted by atomic mass is 16.6. The van der Waals surface area contributed by atoms with Crippen molar-refractivity contribution in [2.45, 2.75) is 63.6 Å². The standard InChI is InChI=1S/C20H26O6/c1-9(8-21)10-7-11-12(14(23)13(10)22)20-6-4-5-19(2,3)17(20)15(24)16(11)26-18(20)25/h7,9,15-17,21-24H,4-6,8H2,1-3H3. The number of aliphatic hydroxyl groups excluding tert-OH is 2. The van der Waals surface area contributed by atoms with E-state index in [2.05, 4.69) is 0 Å². The topological polar surface area (TPSA) is 107 Å². The third kappa shape index (κ3) is 1.92. The van der Waals surface area contributed by atoms with Crippen molar-refractivity contribution < 1.29 is 30.0 Å². The van der Waals surface area contributed by atoms with Crippen molar-refractivity contribution in [2.75, 3.05) is 6.61 Å². The Morgan fingerprint density at radius 2 is 1.96 bits per heavy atom. The molecule has 5 atom stereocenters. The summed E-state index contributed by atoms with van der Waals surface area (Å²) < 4.78 is 5.60. The van der Waals surface area contributed by atoms with Gasteiger partial charge in [0.15, 0.2) is 17.6 Å². The number of fused-ring (bicyclic) bond motifs is 1. The number of benzene rings is 1. The van der Waals surface area contributed by atoms with Gasteiger partial charge >= 0.3 is 5.97 Å². The van der Waals surface area contributed by atoms with Gasteiger partial charge < -0.3 is 25.2 Å². The fourth-order valence-corrected chi connectivity index (χ4v) is 5.75. The Morgan fingerprint density at radius 3 is 2.62 bits per heavy atom. The predicted octanol–water partition coefficient (Wildman–Crippen LogP) is 2.23. The van der Waals surface area contributed by atoms with Crippen LogP contribution in [0.3, 0.4) is 0 Å². The van der Waals surface area contributed by atoms with E-state index in [1.54, 1.807) is 13.0 Å². The number of esters is 1. The van der Waals surface area contributed by atoms with Crippen LogP contribution in [-0.4, -0.2) is 39.1 Å². The van der Waals surface area contributed by atoms with Crippen LogP contribution in [-0.2, 0) is 14.9 Å². The molecule has 142 valence electrons. The SMILES string of the molecule is CC(CO)c1cc2c(c(O)c1O)C13CCCC(C)(C)C1C(O)C2OC3=O. The first-order valence-electron chi connectivity index (χ1n) is 9.26. The first kappa shape index (κ1) is 17.6. The van der Waals surface area contributed by atoms with Gasteiger partial charge in [-0.15, -0.1) is 0 Å². The fourth-order valence-electron chi connectivity index (χ4n) is 5.75. The third-order valence-corrected chi connectivity index (χ3v) is 6.91. The number of aliphatic hydroxyl groups is 2. The second-order valence-electron chi connectivity index (χ2n) is 8.82. The van der Waals surface area contributed by atoms with E-state index in [4.69, 9.17) is 4.74 Å². The van der Waals surface area contributed by atoms with Gasteiger partial charge in [-0.05, 0) is 24.3 Å². The van der Waals surface area contributed by atoms with Gasteiger partial charge in [0.05, 0.1) is 6.10 Å². The molecule has 2 aliphatic heterocycles. The molecule has 4 N–H and O–H groups in total. The first-order valence-corrected chi connectivity index (χ1v) is 9.26. The number of carbonyl (C=O) groups excluding carboxylic acids is 1. The van der Waals surface area contributed by atoms with Crippen molar-refractivity contribution >= 4 is 5.97 Å². The molecule has 5 unspecified atom stereocenters. The Kier molecular flexibility index (Phi) is 3.63. The second kappa shape index (κ2) is 5.36. The number of carbonyl (C=O) groups is 1. The van der Waals surface area contributed by atoms with E-state index in [1.165, 1.54) is 0 Å². The summed E-state index contributed by atoms with van der Waals surface area (Å²) in [5.41, 5.74) is -0.0904. The summed E-state index contributed by atoms with van der Waals surface area (Å²) in [5.74, 6) is -1.80. The van der Waals surface area contributed by atoms with Crippen molar-refractivity contribution in [3.63, 3.8) is 0 Å². The second-order valence-corrected chi connectivity index (χ2v) is 8.82. The molecule has 1 aromatic rings. The summed E-state index contributed by atoms with van der Waals surface area (Å²) in [7, 11) is 0. The lowest BCUT2D eigenvalue weighted by molar-refractivity contribution is -0.213. The molecular formula is C20H26O6. The average Bonchev–Trinajstić information content (AvgIpc) is 2.58. The van der Waals surface area contributed by atoms with Crippen LogP contribution in [0.4, 0.5) is 0 Å². The molecule has 0 amide bonds. The molecule has 2 bridgehead atoms. The van der Waals surface area contributed by atoms with Crippen LogP contribution in [0.5, 0.6) is 11.5 Å². The van der Waals surface area contributed by atoms with Gasteiger partial charge in [-0.2, -0.15) is 0 Å². The van der Waals surface area contributed by atoms with Crippen LogP contribution >= 0.6 is 0 Å². The van der Waals surface area contributed by atoms with Crippen molar-refractivity contribution in [3.05, 3.63) is 22.8 Å². The Bertz CT molecular complexity index is 785. The summed E-state index contributed by atoms with van der Waals surface area (Å²) in [6.07, 6.45) is 0.385. The van der Waals surface area contributed by atoms with Gasteiger partial charge in [-0.25, -0.2) is 0 Å². The maximum atomic E-state index is 13.0. The number of rotatable bonds is 2. The van der Waals surface area contributed by atoms with E-state index in [-0.39, 0.29) is 29.4 Å². The highest BCUT2D eigenvalue weighted by molar-refractivity contribution is 5.90. The monoisotopic (exact) mass is 362 g/mol. The largest absolute Gasteiger partial charge is 0.504 e. The Balaban J connectivity index is 2.03. The molecule has 6 heteroatoms. The van der Waals surface area contributed by atoms with Crippen LogP contribution in [0.15, 0.2) is 6.07 Å². The van der Waals surface area contributed by atoms with Crippen LogP contribution in [0, 0.1) is 11.3 Å². The maximum absolute atomic E-state index is 13.0. The zero-order chi connectivity index (χ0) is 19.0. The van der Waals surface area contributed by atoms with Crippen molar-refractivity contribution in [2.24, 2.45) is 11.3 Å². The van der Waals surface area contributed by atoms with E-state index in [0.717, 1.165) is 12.8 Å². The molecule has 6 nitrogen and oxygen atoms in total. The van der Waals surface area contributed by atoms with Crippen molar-refractivity contribution in [1.29, 1.82) is 0 Å². The van der Waals surface area contributed by atoms with Crippen LogP contribution < -0.4 is 0 Å². The molecule has 4 aliphatic rings. The lowest BCUT2D eigenvalue weighted by Crippen LogP contribution is -2.65. The fraction of sp³-hybridized carbons (Fsp3) is 0.650. The van der Waals surface area contributed by atoms with Gasteiger partial charge in [0.25, 0.3) is 0 Å². The molecule has 1 saturated carbocycles. The number of hydrogen-bond acceptors (Lipinski definition) is 6. The molecule has 0 radical (unpaired) electrons. The number of ether oxygens (including phenoxy) is 1. The van der Waals surface area contributed by atoms with E-state index >= 15 is 0 Å². The summed E-state index contributed by atoms with van der Waals surface area (Å²) in [4.78, 5) is 13.0. The molecule has 2 aliphatic carbocycles. The molecule has 2 heterocycles. The normalized spacial score (nSPS) is 35.4. The Morgan fingerprint density at radius 1 is 1.27 bits per heavy atom. The predicted molar refractivity (Wildman–Crippen MR) is 92.9 cm³/mol. The quantitative estimate of drug-likeness (QED) is 0.475. The zero-order valence-electron chi connectivity index (χ0n) is 15.3. The maximum Gasteiger partial charge on any atom is 0.317 e. The van der Waals surface area contributed by atoms with E-state index in [9.17, 15) is 25.2 Å². The summed E-state index contributed by atoms with van der Waals surface area (Å²) >= 11 is 0. The Hall–Kier alpha value is -1.79. The summed E-state index contributed by atoms with van der Waals surface area (Å²) in [5, 5.41) is 42.0. The van der Waals surface area contributed by atoms with E-state index < -0.39 is 29.5 Å². The highest BCUT2D eigenvalue weighted by Gasteiger charge is 2.68. The number of aromatic hydroxyl groups is 2. The lowest BCUT2D eigenvalue weighted by Gasteiger charge is -2.60. The molecule has 1 spiro atoms. The molecule has 26 heavy (non-hydrogen) atoms. The molecule has 5 rings (SSSR count). The minimum Gasteiger partial charge on any atom is -0.504 e. The minimum atomic E-state index is -1.15. The third-order valence-electron chi connectivity index (χ3n) is 6.91. The minimum absolute atomic E-state index is 0.195. The molecule has 2 fully saturated rings. The molecule has 1 aromatic carbocycles. The number of phenolic OH excluding ortho intramolecular Hbond substituents is 2. The molecular weight excluding hydrogens is 336 g/mol. The van der Waals surface area contributed by atoms with Gasteiger partial charge in [0.1, 0.15) is 5.41 Å². The lowest BCUT2D eigenvalue weighted by atomic mass is 9.46. The van der Waals surface area contributed by atoms with E-state index in [1.807, 2.05) is 13.8 Å². The van der Waals surface area contributed by atoms with Crippen LogP contribution in [0.1, 0.15) is 68.7 Å². The van der Waals surface area contributed by atoms with Crippen LogP contribution in [0.25, 0.3) is 0 Å². The zero-order valence-corrected chi connectivity index (χ0v) is 15.3. The number of phenols is 2. The van der Waals surface area contributed by atoms with Crippen molar-refractivity contribution in [1.82, 2.24) is 0 Å². The average molecular weight is 362 g/mol. The summed E-state index contributed by atoms with van der Waals surface area (Å²) in [6, 6.07) is 1.67. The Labute approximate surface area is 152 Å². The highest BCUT2D eigenvalue weighted by Crippen LogP contribution is 2.66. The van der Waals surface area contributed by atoms with Gasteiger partial charge in [-0.1, -0.05) is 27.2 Å². The smallest absolute Gasteiger partial charge is 0.317 e. The summed E-state index contributed by atoms with van der Waals surface area (Å²) in [6.45, 7) is 5.61. The van der Waals surface area contributed by atoms with Gasteiger partial charge in [-0.3, -0.25) is 4.79 Å². The van der Waals surface area contributed by atoms with Crippen molar-refractivity contribution in [3.8, 4) is 11.5 Å². The first-order chi connectivity index (χ1) is 12.2. The molecule has 0 aromatic heterocycles. The number of hydrogen-bond donors (Lipinski definition) is 4. The van der Waals surface area contributed by atoms with Gasteiger partial charge in [0.2, 0.25) is 0 Å². The molecule has 1 saturated heterocycles. The van der Waals surface area contributed by atoms with Gasteiger partial charge in [0, 0.05) is 35.1 Å².